The maximum Gasteiger partial charge on any atom is 0.186 e. The fourth-order valence-corrected chi connectivity index (χ4v) is 4.33. The molecule has 0 aromatic carbocycles. The summed E-state index contributed by atoms with van der Waals surface area (Å²) < 4.78 is 7.89. The van der Waals surface area contributed by atoms with Crippen molar-refractivity contribution in [2.75, 3.05) is 18.5 Å². The summed E-state index contributed by atoms with van der Waals surface area (Å²) in [6.45, 7) is 8.49. The molecule has 4 heterocycles. The number of hydrogen-bond acceptors (Lipinski definition) is 6. The van der Waals surface area contributed by atoms with Gasteiger partial charge in [0.25, 0.3) is 0 Å². The third-order valence-electron chi connectivity index (χ3n) is 4.89. The number of fused-ring (bicyclic) bond motifs is 1. The topological polar surface area (TPSA) is 64.3 Å². The summed E-state index contributed by atoms with van der Waals surface area (Å²) in [6, 6.07) is 5.96. The summed E-state index contributed by atoms with van der Waals surface area (Å²) in [7, 11) is 0. The quantitative estimate of drug-likeness (QED) is 0.748. The van der Waals surface area contributed by atoms with Gasteiger partial charge in [0.1, 0.15) is 5.82 Å². The molecule has 1 N–H and O–H groups in total. The predicted octanol–water partition coefficient (Wildman–Crippen LogP) is 4.11. The van der Waals surface area contributed by atoms with Crippen LogP contribution in [-0.4, -0.2) is 39.1 Å². The molecule has 2 atom stereocenters. The standard InChI is InChI=1S/C19H25N5OS/c1-19(2,3)17-13(5-4-9-25-17)11-20-15-6-7-16-21-22-18(24(16)23-15)14-8-10-26-12-14/h6-8,10,12-13,17H,4-5,9,11H2,1-3H3,(H,20,23). The van der Waals surface area contributed by atoms with E-state index >= 15 is 0 Å². The Hall–Kier alpha value is -1.99. The van der Waals surface area contributed by atoms with Crippen molar-refractivity contribution >= 4 is 22.8 Å². The van der Waals surface area contributed by atoms with Crippen molar-refractivity contribution in [2.24, 2.45) is 11.3 Å². The molecule has 1 fully saturated rings. The van der Waals surface area contributed by atoms with E-state index in [1.165, 1.54) is 6.42 Å². The van der Waals surface area contributed by atoms with Gasteiger partial charge in [0, 0.05) is 30.0 Å². The van der Waals surface area contributed by atoms with Gasteiger partial charge in [-0.3, -0.25) is 0 Å². The molecule has 26 heavy (non-hydrogen) atoms. The second kappa shape index (κ2) is 6.96. The highest BCUT2D eigenvalue weighted by Crippen LogP contribution is 2.34. The van der Waals surface area contributed by atoms with Gasteiger partial charge in [-0.1, -0.05) is 20.8 Å². The molecular formula is C19H25N5OS. The van der Waals surface area contributed by atoms with Gasteiger partial charge in [0.15, 0.2) is 11.5 Å². The smallest absolute Gasteiger partial charge is 0.186 e. The molecule has 0 saturated carbocycles. The van der Waals surface area contributed by atoms with Gasteiger partial charge in [-0.2, -0.15) is 15.9 Å². The maximum atomic E-state index is 6.08. The SMILES string of the molecule is CC(C)(C)C1OCCCC1CNc1ccc2nnc(-c3ccsc3)n2n1. The summed E-state index contributed by atoms with van der Waals surface area (Å²) in [5.74, 6) is 2.10. The van der Waals surface area contributed by atoms with E-state index in [0.29, 0.717) is 5.92 Å². The zero-order valence-corrected chi connectivity index (χ0v) is 16.3. The predicted molar refractivity (Wildman–Crippen MR) is 105 cm³/mol. The van der Waals surface area contributed by atoms with Crippen LogP contribution in [0, 0.1) is 11.3 Å². The molecule has 1 aliphatic heterocycles. The summed E-state index contributed by atoms with van der Waals surface area (Å²) in [4.78, 5) is 0. The lowest BCUT2D eigenvalue weighted by atomic mass is 9.78. The molecule has 6 nitrogen and oxygen atoms in total. The highest BCUT2D eigenvalue weighted by molar-refractivity contribution is 7.08. The Balaban J connectivity index is 1.53. The first-order valence-electron chi connectivity index (χ1n) is 9.13. The molecule has 4 rings (SSSR count). The van der Waals surface area contributed by atoms with Gasteiger partial charge in [0.2, 0.25) is 0 Å². The fourth-order valence-electron chi connectivity index (χ4n) is 3.70. The molecule has 7 heteroatoms. The molecule has 0 aliphatic carbocycles. The van der Waals surface area contributed by atoms with Crippen molar-refractivity contribution in [3.63, 3.8) is 0 Å². The molecule has 138 valence electrons. The summed E-state index contributed by atoms with van der Waals surface area (Å²) in [6.07, 6.45) is 2.58. The number of hydrogen-bond donors (Lipinski definition) is 1. The Bertz CT molecular complexity index is 868. The first-order valence-corrected chi connectivity index (χ1v) is 10.1. The van der Waals surface area contributed by atoms with Crippen LogP contribution in [0.1, 0.15) is 33.6 Å². The Labute approximate surface area is 157 Å². The van der Waals surface area contributed by atoms with Crippen molar-refractivity contribution in [1.82, 2.24) is 19.8 Å². The van der Waals surface area contributed by atoms with E-state index in [1.807, 2.05) is 28.1 Å². The van der Waals surface area contributed by atoms with Crippen LogP contribution < -0.4 is 5.32 Å². The van der Waals surface area contributed by atoms with Crippen LogP contribution in [0.15, 0.2) is 29.0 Å². The van der Waals surface area contributed by atoms with E-state index in [9.17, 15) is 0 Å². The zero-order valence-electron chi connectivity index (χ0n) is 15.5. The molecule has 0 radical (unpaired) electrons. The minimum atomic E-state index is 0.143. The van der Waals surface area contributed by atoms with E-state index in [4.69, 9.17) is 9.84 Å². The third-order valence-corrected chi connectivity index (χ3v) is 5.57. The fraction of sp³-hybridized carbons (Fsp3) is 0.526. The summed E-state index contributed by atoms with van der Waals surface area (Å²) in [5, 5.41) is 20.8. The van der Waals surface area contributed by atoms with Crippen molar-refractivity contribution < 1.29 is 4.74 Å². The van der Waals surface area contributed by atoms with E-state index in [0.717, 1.165) is 42.4 Å². The van der Waals surface area contributed by atoms with Gasteiger partial charge < -0.3 is 10.1 Å². The number of anilines is 1. The van der Waals surface area contributed by atoms with Gasteiger partial charge in [-0.05, 0) is 41.8 Å². The average molecular weight is 372 g/mol. The molecule has 0 amide bonds. The van der Waals surface area contributed by atoms with Crippen molar-refractivity contribution in [2.45, 2.75) is 39.7 Å². The number of nitrogens with one attached hydrogen (secondary N) is 1. The third kappa shape index (κ3) is 3.46. The molecule has 0 bridgehead atoms. The molecule has 0 spiro atoms. The Morgan fingerprint density at radius 1 is 1.27 bits per heavy atom. The molecule has 3 aromatic rings. The molecule has 1 saturated heterocycles. The van der Waals surface area contributed by atoms with Crippen LogP contribution in [0.3, 0.4) is 0 Å². The Morgan fingerprint density at radius 3 is 2.92 bits per heavy atom. The lowest BCUT2D eigenvalue weighted by Crippen LogP contribution is -2.42. The van der Waals surface area contributed by atoms with E-state index in [2.05, 4.69) is 41.7 Å². The normalized spacial score (nSPS) is 21.2. The number of rotatable bonds is 4. The maximum absolute atomic E-state index is 6.08. The molecule has 2 unspecified atom stereocenters. The van der Waals surface area contributed by atoms with Crippen LogP contribution in [0.25, 0.3) is 17.0 Å². The van der Waals surface area contributed by atoms with Crippen LogP contribution in [-0.2, 0) is 4.74 Å². The Morgan fingerprint density at radius 2 is 2.15 bits per heavy atom. The van der Waals surface area contributed by atoms with E-state index in [-0.39, 0.29) is 11.5 Å². The number of aromatic nitrogens is 4. The van der Waals surface area contributed by atoms with E-state index in [1.54, 1.807) is 11.3 Å². The lowest BCUT2D eigenvalue weighted by molar-refractivity contribution is -0.0814. The second-order valence-corrected chi connectivity index (χ2v) is 8.74. The Kier molecular flexibility index (Phi) is 4.67. The van der Waals surface area contributed by atoms with Crippen LogP contribution >= 0.6 is 11.3 Å². The van der Waals surface area contributed by atoms with Crippen molar-refractivity contribution in [3.8, 4) is 11.4 Å². The highest BCUT2D eigenvalue weighted by Gasteiger charge is 2.35. The molecule has 3 aromatic heterocycles. The second-order valence-electron chi connectivity index (χ2n) is 7.96. The van der Waals surface area contributed by atoms with Crippen LogP contribution in [0.4, 0.5) is 5.82 Å². The minimum absolute atomic E-state index is 0.143. The van der Waals surface area contributed by atoms with Crippen LogP contribution in [0.5, 0.6) is 0 Å². The average Bonchev–Trinajstić information content (AvgIpc) is 3.28. The van der Waals surface area contributed by atoms with Gasteiger partial charge in [0.05, 0.1) is 6.10 Å². The largest absolute Gasteiger partial charge is 0.377 e. The highest BCUT2D eigenvalue weighted by atomic mass is 32.1. The van der Waals surface area contributed by atoms with Gasteiger partial charge in [-0.25, -0.2) is 0 Å². The van der Waals surface area contributed by atoms with Crippen molar-refractivity contribution in [3.05, 3.63) is 29.0 Å². The first kappa shape index (κ1) is 17.4. The number of thiophene rings is 1. The van der Waals surface area contributed by atoms with E-state index < -0.39 is 0 Å². The van der Waals surface area contributed by atoms with Crippen molar-refractivity contribution in [1.29, 1.82) is 0 Å². The monoisotopic (exact) mass is 371 g/mol. The van der Waals surface area contributed by atoms with Crippen LogP contribution in [0.2, 0.25) is 0 Å². The van der Waals surface area contributed by atoms with Gasteiger partial charge in [-0.15, -0.1) is 15.3 Å². The lowest BCUT2D eigenvalue weighted by Gasteiger charge is -2.40. The molecule has 1 aliphatic rings. The number of nitrogens with zero attached hydrogens (tertiary/aromatic N) is 4. The zero-order chi connectivity index (χ0) is 18.1. The summed E-state index contributed by atoms with van der Waals surface area (Å²) >= 11 is 1.64. The number of ether oxygens (including phenoxy) is 1. The minimum Gasteiger partial charge on any atom is -0.377 e. The first-order chi connectivity index (χ1) is 12.5. The summed E-state index contributed by atoms with van der Waals surface area (Å²) in [5.41, 5.74) is 1.94. The molecular weight excluding hydrogens is 346 g/mol. The van der Waals surface area contributed by atoms with Gasteiger partial charge >= 0.3 is 0 Å².